The van der Waals surface area contributed by atoms with Gasteiger partial charge in [0.1, 0.15) is 17.9 Å². The summed E-state index contributed by atoms with van der Waals surface area (Å²) in [5.74, 6) is 0.910. The van der Waals surface area contributed by atoms with Crippen molar-refractivity contribution in [2.45, 2.75) is 0 Å². The van der Waals surface area contributed by atoms with E-state index in [9.17, 15) is 5.11 Å². The molecule has 0 aliphatic heterocycles. The molecule has 16 heavy (non-hydrogen) atoms. The zero-order valence-electron chi connectivity index (χ0n) is 8.25. The van der Waals surface area contributed by atoms with E-state index in [4.69, 9.17) is 0 Å². The zero-order valence-corrected chi connectivity index (χ0v) is 8.25. The van der Waals surface area contributed by atoms with Gasteiger partial charge in [-0.15, -0.1) is 0 Å². The Hall–Kier alpha value is -2.43. The molecule has 1 aromatic carbocycles. The topological polar surface area (TPSA) is 74.7 Å². The number of imidazole rings is 1. The highest BCUT2D eigenvalue weighted by molar-refractivity contribution is 5.80. The molecule has 0 unspecified atom stereocenters. The number of benzene rings is 1. The van der Waals surface area contributed by atoms with E-state index in [0.717, 1.165) is 16.6 Å². The predicted molar refractivity (Wildman–Crippen MR) is 58.8 cm³/mol. The van der Waals surface area contributed by atoms with Gasteiger partial charge in [-0.3, -0.25) is 0 Å². The Kier molecular flexibility index (Phi) is 1.83. The van der Waals surface area contributed by atoms with Crippen LogP contribution in [0.25, 0.3) is 22.4 Å². The maximum Gasteiger partial charge on any atom is 0.141 e. The lowest BCUT2D eigenvalue weighted by molar-refractivity contribution is 0.476. The van der Waals surface area contributed by atoms with E-state index in [-0.39, 0.29) is 5.75 Å². The molecule has 0 bridgehead atoms. The Bertz CT molecular complexity index is 633. The minimum Gasteiger partial charge on any atom is -0.508 e. The summed E-state index contributed by atoms with van der Waals surface area (Å²) in [5, 5.41) is 9.34. The van der Waals surface area contributed by atoms with Crippen LogP contribution in [0.2, 0.25) is 0 Å². The van der Waals surface area contributed by atoms with E-state index in [1.54, 1.807) is 30.6 Å². The number of hydrogen-bond donors (Lipinski definition) is 2. The number of phenolic OH excluding ortho intramolecular Hbond substituents is 1. The van der Waals surface area contributed by atoms with Crippen LogP contribution in [0.15, 0.2) is 36.9 Å². The fraction of sp³-hybridized carbons (Fsp3) is 0. The van der Waals surface area contributed by atoms with E-state index in [0.29, 0.717) is 5.82 Å². The Morgan fingerprint density at radius 2 is 1.94 bits per heavy atom. The van der Waals surface area contributed by atoms with Crippen molar-refractivity contribution in [2.24, 2.45) is 0 Å². The summed E-state index contributed by atoms with van der Waals surface area (Å²) in [6.45, 7) is 0. The van der Waals surface area contributed by atoms with Crippen molar-refractivity contribution >= 4 is 11.0 Å². The summed E-state index contributed by atoms with van der Waals surface area (Å²) >= 11 is 0. The van der Waals surface area contributed by atoms with Crippen molar-refractivity contribution < 1.29 is 5.11 Å². The van der Waals surface area contributed by atoms with Crippen LogP contribution in [0.5, 0.6) is 5.75 Å². The highest BCUT2D eigenvalue weighted by atomic mass is 16.3. The summed E-state index contributed by atoms with van der Waals surface area (Å²) in [6.07, 6.45) is 4.84. The van der Waals surface area contributed by atoms with Crippen molar-refractivity contribution in [2.75, 3.05) is 0 Å². The number of H-pyrrole nitrogens is 1. The van der Waals surface area contributed by atoms with Crippen LogP contribution in [0.4, 0.5) is 0 Å². The normalized spacial score (nSPS) is 10.8. The Labute approximate surface area is 90.8 Å². The van der Waals surface area contributed by atoms with Gasteiger partial charge in [-0.05, 0) is 12.1 Å². The maximum absolute atomic E-state index is 9.34. The van der Waals surface area contributed by atoms with Gasteiger partial charge < -0.3 is 10.1 Å². The Morgan fingerprint density at radius 3 is 2.75 bits per heavy atom. The molecular formula is C11H8N4O. The Balaban J connectivity index is 2.19. The standard InChI is InChI=1S/C11H8N4O/c16-8-1-2-9-10(3-8)15-11(14-9)7-4-12-6-13-5-7/h1-6,16H,(H,14,15). The molecule has 0 aliphatic rings. The zero-order chi connectivity index (χ0) is 11.0. The van der Waals surface area contributed by atoms with E-state index in [1.165, 1.54) is 6.33 Å². The van der Waals surface area contributed by atoms with Crippen molar-refractivity contribution in [3.63, 3.8) is 0 Å². The molecule has 5 heteroatoms. The third-order valence-corrected chi connectivity index (χ3v) is 2.30. The van der Waals surface area contributed by atoms with E-state index in [2.05, 4.69) is 19.9 Å². The van der Waals surface area contributed by atoms with Gasteiger partial charge in [0, 0.05) is 18.5 Å². The van der Waals surface area contributed by atoms with Gasteiger partial charge in [0.15, 0.2) is 0 Å². The van der Waals surface area contributed by atoms with Gasteiger partial charge in [0.25, 0.3) is 0 Å². The molecule has 0 saturated carbocycles. The summed E-state index contributed by atoms with van der Waals surface area (Å²) in [7, 11) is 0. The molecule has 0 radical (unpaired) electrons. The highest BCUT2D eigenvalue weighted by Crippen LogP contribution is 2.21. The fourth-order valence-corrected chi connectivity index (χ4v) is 1.56. The van der Waals surface area contributed by atoms with Crippen LogP contribution < -0.4 is 0 Å². The van der Waals surface area contributed by atoms with Crippen molar-refractivity contribution in [3.05, 3.63) is 36.9 Å². The molecule has 2 N–H and O–H groups in total. The number of nitrogens with zero attached hydrogens (tertiary/aromatic N) is 3. The number of nitrogens with one attached hydrogen (secondary N) is 1. The van der Waals surface area contributed by atoms with Gasteiger partial charge >= 0.3 is 0 Å². The largest absolute Gasteiger partial charge is 0.508 e. The average molecular weight is 212 g/mol. The first-order valence-electron chi connectivity index (χ1n) is 4.77. The highest BCUT2D eigenvalue weighted by Gasteiger charge is 2.05. The van der Waals surface area contributed by atoms with Gasteiger partial charge in [0.2, 0.25) is 0 Å². The van der Waals surface area contributed by atoms with E-state index in [1.807, 2.05) is 0 Å². The molecule has 78 valence electrons. The lowest BCUT2D eigenvalue weighted by Gasteiger charge is -1.91. The van der Waals surface area contributed by atoms with Crippen LogP contribution in [0.1, 0.15) is 0 Å². The maximum atomic E-state index is 9.34. The lowest BCUT2D eigenvalue weighted by atomic mass is 10.3. The molecule has 0 atom stereocenters. The third kappa shape index (κ3) is 1.38. The fourth-order valence-electron chi connectivity index (χ4n) is 1.56. The predicted octanol–water partition coefficient (Wildman–Crippen LogP) is 1.73. The molecule has 0 aliphatic carbocycles. The quantitative estimate of drug-likeness (QED) is 0.644. The second-order valence-electron chi connectivity index (χ2n) is 3.41. The molecular weight excluding hydrogens is 204 g/mol. The minimum absolute atomic E-state index is 0.215. The van der Waals surface area contributed by atoms with Crippen LogP contribution in [0, 0.1) is 0 Å². The van der Waals surface area contributed by atoms with Crippen molar-refractivity contribution in [3.8, 4) is 17.1 Å². The first-order chi connectivity index (χ1) is 7.83. The molecule has 0 amide bonds. The molecule has 2 heterocycles. The third-order valence-electron chi connectivity index (χ3n) is 2.30. The number of aromatic nitrogens is 4. The molecule has 0 saturated heterocycles. The van der Waals surface area contributed by atoms with Gasteiger partial charge in [-0.1, -0.05) is 0 Å². The van der Waals surface area contributed by atoms with Crippen LogP contribution in [-0.2, 0) is 0 Å². The SMILES string of the molecule is Oc1ccc2nc(-c3cncnc3)[nH]c2c1. The second-order valence-corrected chi connectivity index (χ2v) is 3.41. The summed E-state index contributed by atoms with van der Waals surface area (Å²) in [5.41, 5.74) is 2.41. The van der Waals surface area contributed by atoms with Crippen molar-refractivity contribution in [1.82, 2.24) is 19.9 Å². The number of rotatable bonds is 1. The van der Waals surface area contributed by atoms with Crippen LogP contribution in [0.3, 0.4) is 0 Å². The van der Waals surface area contributed by atoms with Gasteiger partial charge in [-0.25, -0.2) is 15.0 Å². The molecule has 2 aromatic heterocycles. The number of phenols is 1. The van der Waals surface area contributed by atoms with Crippen LogP contribution >= 0.6 is 0 Å². The molecule has 5 nitrogen and oxygen atoms in total. The van der Waals surface area contributed by atoms with Gasteiger partial charge in [-0.2, -0.15) is 0 Å². The first kappa shape index (κ1) is 8.84. The number of fused-ring (bicyclic) bond motifs is 1. The molecule has 0 spiro atoms. The van der Waals surface area contributed by atoms with Crippen LogP contribution in [-0.4, -0.2) is 25.0 Å². The molecule has 0 fully saturated rings. The average Bonchev–Trinajstić information content (AvgIpc) is 2.73. The monoisotopic (exact) mass is 212 g/mol. The van der Waals surface area contributed by atoms with E-state index < -0.39 is 0 Å². The Morgan fingerprint density at radius 1 is 1.12 bits per heavy atom. The summed E-state index contributed by atoms with van der Waals surface area (Å²) < 4.78 is 0. The summed E-state index contributed by atoms with van der Waals surface area (Å²) in [4.78, 5) is 15.3. The smallest absolute Gasteiger partial charge is 0.141 e. The minimum atomic E-state index is 0.215. The number of aromatic hydroxyl groups is 1. The second kappa shape index (κ2) is 3.30. The number of aromatic amines is 1. The lowest BCUT2D eigenvalue weighted by Crippen LogP contribution is -1.83. The molecule has 3 aromatic rings. The van der Waals surface area contributed by atoms with Gasteiger partial charge in [0.05, 0.1) is 16.6 Å². The first-order valence-corrected chi connectivity index (χ1v) is 4.77. The number of hydrogen-bond acceptors (Lipinski definition) is 4. The van der Waals surface area contributed by atoms with Crippen molar-refractivity contribution in [1.29, 1.82) is 0 Å². The summed E-state index contributed by atoms with van der Waals surface area (Å²) in [6, 6.07) is 5.00. The van der Waals surface area contributed by atoms with E-state index >= 15 is 0 Å². The molecule has 3 rings (SSSR count).